The van der Waals surface area contributed by atoms with Crippen LogP contribution in [0.1, 0.15) is 6.42 Å². The Labute approximate surface area is 81.7 Å². The normalized spacial score (nSPS) is 13.9. The molecule has 78 valence electrons. The van der Waals surface area contributed by atoms with Gasteiger partial charge in [-0.2, -0.15) is 0 Å². The lowest BCUT2D eigenvalue weighted by Crippen LogP contribution is -2.29. The molecule has 0 rings (SSSR count). The van der Waals surface area contributed by atoms with Crippen molar-refractivity contribution in [2.45, 2.75) is 32.1 Å². The van der Waals surface area contributed by atoms with Crippen LogP contribution in [0.25, 0.3) is 0 Å². The fourth-order valence-electron chi connectivity index (χ4n) is 1.42. The summed E-state index contributed by atoms with van der Waals surface area (Å²) in [4.78, 5) is 11.0. The van der Waals surface area contributed by atoms with Crippen molar-refractivity contribution in [1.29, 1.82) is 0 Å². The Morgan fingerprint density at radius 1 is 1.46 bits per heavy atom. The average molecular weight is 203 g/mol. The molecule has 0 radical (unpaired) electrons. The van der Waals surface area contributed by atoms with Gasteiger partial charge in [0.2, 0.25) is 0 Å². The lowest BCUT2D eigenvalue weighted by Gasteiger charge is -2.22. The van der Waals surface area contributed by atoms with Crippen LogP contribution in [0.4, 0.5) is 0 Å². The number of carbonyl (C=O) groups excluding carboxylic acids is 1. The van der Waals surface area contributed by atoms with Crippen molar-refractivity contribution < 1.29 is 9.53 Å². The summed E-state index contributed by atoms with van der Waals surface area (Å²) in [6.07, 6.45) is 0.470. The third kappa shape index (κ3) is 6.78. The summed E-state index contributed by atoms with van der Waals surface area (Å²) in [5, 5.41) is 0. The summed E-state index contributed by atoms with van der Waals surface area (Å²) in [6, 6.07) is 1.10. The van der Waals surface area contributed by atoms with Crippen molar-refractivity contribution in [3.63, 3.8) is 0 Å². The third-order valence-electron chi connectivity index (χ3n) is 1.92. The van der Waals surface area contributed by atoms with Gasteiger partial charge in [0.05, 0.1) is 7.11 Å². The molecule has 0 saturated heterocycles. The molecule has 2 N–H and O–H groups in total. The van der Waals surface area contributed by atoms with Gasteiger partial charge in [0, 0.05) is 14.5 Å². The largest absolute Gasteiger partial charge is 0.469 e. The maximum Gasteiger partial charge on any atom is 0.305 e. The maximum atomic E-state index is 11.0. The van der Waals surface area contributed by atoms with E-state index in [0.29, 0.717) is 18.9 Å². The molecule has 13 heavy (non-hydrogen) atoms. The Morgan fingerprint density at radius 3 is 2.31 bits per heavy atom. The molecule has 4 heteroatoms. The van der Waals surface area contributed by atoms with Crippen LogP contribution >= 0.6 is 0 Å². The number of methoxy groups -OCH3 is 1. The van der Waals surface area contributed by atoms with Crippen molar-refractivity contribution in [2.24, 2.45) is 11.7 Å². The van der Waals surface area contributed by atoms with E-state index in [-0.39, 0.29) is 5.97 Å². The van der Waals surface area contributed by atoms with Crippen LogP contribution in [0, 0.1) is 5.92 Å². The third-order valence-corrected chi connectivity index (χ3v) is 3.72. The number of hydrogen-bond donors (Lipinski definition) is 1. The van der Waals surface area contributed by atoms with Crippen molar-refractivity contribution in [2.75, 3.05) is 13.7 Å². The second-order valence-electron chi connectivity index (χ2n) is 4.65. The Morgan fingerprint density at radius 2 is 2.00 bits per heavy atom. The quantitative estimate of drug-likeness (QED) is 0.544. The molecule has 0 aliphatic heterocycles. The molecule has 0 bridgehead atoms. The molecule has 1 unspecified atom stereocenters. The van der Waals surface area contributed by atoms with Crippen LogP contribution in [0.15, 0.2) is 0 Å². The molecule has 0 aromatic heterocycles. The maximum absolute atomic E-state index is 11.0. The van der Waals surface area contributed by atoms with Gasteiger partial charge in [-0.3, -0.25) is 4.79 Å². The molecular weight excluding hydrogens is 182 g/mol. The summed E-state index contributed by atoms with van der Waals surface area (Å²) < 4.78 is 4.62. The number of esters is 1. The first-order valence-corrected chi connectivity index (χ1v) is 8.36. The highest BCUT2D eigenvalue weighted by molar-refractivity contribution is 6.76. The highest BCUT2D eigenvalue weighted by Gasteiger charge is 2.21. The van der Waals surface area contributed by atoms with Crippen molar-refractivity contribution >= 4 is 14.0 Å². The lowest BCUT2D eigenvalue weighted by atomic mass is 10.1. The monoisotopic (exact) mass is 203 g/mol. The van der Waals surface area contributed by atoms with Crippen LogP contribution in [-0.4, -0.2) is 27.7 Å². The van der Waals surface area contributed by atoms with Crippen LogP contribution in [0.5, 0.6) is 0 Å². The van der Waals surface area contributed by atoms with Crippen LogP contribution in [0.3, 0.4) is 0 Å². The van der Waals surface area contributed by atoms with Crippen LogP contribution in [-0.2, 0) is 9.53 Å². The zero-order valence-electron chi connectivity index (χ0n) is 9.09. The van der Waals surface area contributed by atoms with E-state index in [1.54, 1.807) is 0 Å². The van der Waals surface area contributed by atoms with Gasteiger partial charge < -0.3 is 10.5 Å². The summed E-state index contributed by atoms with van der Waals surface area (Å²) >= 11 is 0. The van der Waals surface area contributed by atoms with E-state index in [0.717, 1.165) is 6.04 Å². The van der Waals surface area contributed by atoms with Gasteiger partial charge in [0.1, 0.15) is 0 Å². The molecule has 0 aromatic carbocycles. The van der Waals surface area contributed by atoms with E-state index in [2.05, 4.69) is 24.4 Å². The standard InChI is InChI=1S/C9H21NO2Si/c1-12-9(11)5-8(6-10)7-13(2,3)4/h8H,5-7,10H2,1-4H3. The smallest absolute Gasteiger partial charge is 0.305 e. The molecular formula is C9H21NO2Si. The Kier molecular flexibility index (Phi) is 5.25. The second kappa shape index (κ2) is 5.39. The Hall–Kier alpha value is -0.353. The summed E-state index contributed by atoms with van der Waals surface area (Å²) in [5.41, 5.74) is 5.60. The van der Waals surface area contributed by atoms with E-state index in [4.69, 9.17) is 5.73 Å². The highest BCUT2D eigenvalue weighted by atomic mass is 28.3. The molecule has 1 atom stereocenters. The molecule has 0 spiro atoms. The molecule has 0 saturated carbocycles. The van der Waals surface area contributed by atoms with Gasteiger partial charge in [-0.1, -0.05) is 25.7 Å². The predicted octanol–water partition coefficient (Wildman–Crippen LogP) is 1.46. The van der Waals surface area contributed by atoms with Gasteiger partial charge >= 0.3 is 5.97 Å². The molecule has 3 nitrogen and oxygen atoms in total. The summed E-state index contributed by atoms with van der Waals surface area (Å²) in [6.45, 7) is 7.44. The van der Waals surface area contributed by atoms with Gasteiger partial charge in [-0.05, 0) is 12.5 Å². The zero-order valence-corrected chi connectivity index (χ0v) is 10.1. The number of hydrogen-bond acceptors (Lipinski definition) is 3. The van der Waals surface area contributed by atoms with Gasteiger partial charge in [0.25, 0.3) is 0 Å². The lowest BCUT2D eigenvalue weighted by molar-refractivity contribution is -0.141. The number of nitrogens with two attached hydrogens (primary N) is 1. The van der Waals surface area contributed by atoms with Gasteiger partial charge in [-0.15, -0.1) is 0 Å². The fraction of sp³-hybridized carbons (Fsp3) is 0.889. The first-order chi connectivity index (χ1) is 5.89. The van der Waals surface area contributed by atoms with Crippen LogP contribution < -0.4 is 5.73 Å². The first-order valence-electron chi connectivity index (χ1n) is 4.66. The molecule has 0 aliphatic carbocycles. The van der Waals surface area contributed by atoms with Crippen LogP contribution in [0.2, 0.25) is 25.7 Å². The van der Waals surface area contributed by atoms with Crippen molar-refractivity contribution in [3.8, 4) is 0 Å². The molecule has 0 heterocycles. The topological polar surface area (TPSA) is 52.3 Å². The van der Waals surface area contributed by atoms with Crippen molar-refractivity contribution in [3.05, 3.63) is 0 Å². The van der Waals surface area contributed by atoms with E-state index in [1.165, 1.54) is 7.11 Å². The van der Waals surface area contributed by atoms with Crippen molar-refractivity contribution in [1.82, 2.24) is 0 Å². The minimum atomic E-state index is -1.11. The summed E-state index contributed by atoms with van der Waals surface area (Å²) in [5.74, 6) is 0.160. The predicted molar refractivity (Wildman–Crippen MR) is 57.3 cm³/mol. The number of carbonyl (C=O) groups is 1. The first kappa shape index (κ1) is 12.6. The zero-order chi connectivity index (χ0) is 10.5. The Bertz CT molecular complexity index is 165. The average Bonchev–Trinajstić information content (AvgIpc) is 2.00. The van der Waals surface area contributed by atoms with E-state index >= 15 is 0 Å². The molecule has 0 amide bonds. The number of rotatable bonds is 5. The molecule has 0 aliphatic rings. The van der Waals surface area contributed by atoms with Gasteiger partial charge in [0.15, 0.2) is 0 Å². The van der Waals surface area contributed by atoms with E-state index in [1.807, 2.05) is 0 Å². The fourth-order valence-corrected chi connectivity index (χ4v) is 3.47. The minimum Gasteiger partial charge on any atom is -0.469 e. The van der Waals surface area contributed by atoms with E-state index in [9.17, 15) is 4.79 Å². The second-order valence-corrected chi connectivity index (χ2v) is 10.2. The van der Waals surface area contributed by atoms with Gasteiger partial charge in [-0.25, -0.2) is 0 Å². The highest BCUT2D eigenvalue weighted by Crippen LogP contribution is 2.19. The SMILES string of the molecule is COC(=O)CC(CN)C[Si](C)(C)C. The number of ether oxygens (including phenoxy) is 1. The minimum absolute atomic E-state index is 0.145. The summed E-state index contributed by atoms with van der Waals surface area (Å²) in [7, 11) is 0.312. The van der Waals surface area contributed by atoms with E-state index < -0.39 is 8.07 Å². The molecule has 0 fully saturated rings. The Balaban J connectivity index is 3.97. The molecule has 0 aromatic rings.